The molecule has 1 amide bonds. The summed E-state index contributed by atoms with van der Waals surface area (Å²) in [5.41, 5.74) is 2.60. The van der Waals surface area contributed by atoms with Crippen molar-refractivity contribution in [3.63, 3.8) is 0 Å². The maximum absolute atomic E-state index is 12.7. The van der Waals surface area contributed by atoms with Gasteiger partial charge in [0, 0.05) is 5.69 Å². The standard InChI is InChI=1S/C24H24Cl2N2O4S/c1-4-21(32-22-14-15(2)8-9-16(22)3)24(29)27-17-10-12-18(13-11-17)33(30,31)28-20-7-5-6-19(25)23(20)26/h5-14,21,28H,4H2,1-3H3,(H,27,29). The molecule has 3 rings (SSSR count). The van der Waals surface area contributed by atoms with Crippen molar-refractivity contribution in [1.82, 2.24) is 0 Å². The molecule has 2 N–H and O–H groups in total. The Morgan fingerprint density at radius 1 is 1.03 bits per heavy atom. The van der Waals surface area contributed by atoms with E-state index < -0.39 is 16.1 Å². The summed E-state index contributed by atoms with van der Waals surface area (Å²) < 4.78 is 33.7. The zero-order valence-corrected chi connectivity index (χ0v) is 20.7. The first-order valence-electron chi connectivity index (χ1n) is 10.2. The van der Waals surface area contributed by atoms with Crippen molar-refractivity contribution in [3.05, 3.63) is 81.8 Å². The first kappa shape index (κ1) is 24.9. The molecule has 6 nitrogen and oxygen atoms in total. The van der Waals surface area contributed by atoms with Gasteiger partial charge in [0.25, 0.3) is 15.9 Å². The SMILES string of the molecule is CCC(Oc1cc(C)ccc1C)C(=O)Nc1ccc(S(=O)(=O)Nc2cccc(Cl)c2Cl)cc1. The number of halogens is 2. The molecular weight excluding hydrogens is 483 g/mol. The average Bonchev–Trinajstić information content (AvgIpc) is 2.77. The van der Waals surface area contributed by atoms with E-state index in [-0.39, 0.29) is 26.5 Å². The molecule has 0 saturated heterocycles. The molecule has 0 fully saturated rings. The van der Waals surface area contributed by atoms with Gasteiger partial charge in [0.15, 0.2) is 6.10 Å². The molecule has 0 spiro atoms. The van der Waals surface area contributed by atoms with Crippen LogP contribution in [-0.2, 0) is 14.8 Å². The van der Waals surface area contributed by atoms with Gasteiger partial charge in [-0.2, -0.15) is 0 Å². The van der Waals surface area contributed by atoms with Gasteiger partial charge in [-0.05, 0) is 73.9 Å². The highest BCUT2D eigenvalue weighted by Crippen LogP contribution is 2.31. The fraction of sp³-hybridized carbons (Fsp3) is 0.208. The molecule has 0 saturated carbocycles. The number of anilines is 2. The summed E-state index contributed by atoms with van der Waals surface area (Å²) in [6.07, 6.45) is -0.226. The fourth-order valence-corrected chi connectivity index (χ4v) is 4.51. The van der Waals surface area contributed by atoms with Gasteiger partial charge in [-0.1, -0.05) is 48.3 Å². The summed E-state index contributed by atoms with van der Waals surface area (Å²) in [6, 6.07) is 16.3. The van der Waals surface area contributed by atoms with Crippen LogP contribution in [0.15, 0.2) is 65.6 Å². The van der Waals surface area contributed by atoms with Crippen LogP contribution in [0.5, 0.6) is 5.75 Å². The maximum atomic E-state index is 12.7. The highest BCUT2D eigenvalue weighted by Gasteiger charge is 2.21. The molecule has 0 aliphatic carbocycles. The Kier molecular flexibility index (Phi) is 7.89. The number of sulfonamides is 1. The summed E-state index contributed by atoms with van der Waals surface area (Å²) in [7, 11) is -3.90. The Morgan fingerprint density at radius 2 is 1.73 bits per heavy atom. The number of hydrogen-bond acceptors (Lipinski definition) is 4. The van der Waals surface area contributed by atoms with Crippen LogP contribution in [0.25, 0.3) is 0 Å². The lowest BCUT2D eigenvalue weighted by molar-refractivity contribution is -0.122. The van der Waals surface area contributed by atoms with Crippen LogP contribution in [0.1, 0.15) is 24.5 Å². The quantitative estimate of drug-likeness (QED) is 0.380. The number of carbonyl (C=O) groups is 1. The molecule has 0 radical (unpaired) electrons. The largest absolute Gasteiger partial charge is 0.480 e. The number of nitrogens with one attached hydrogen (secondary N) is 2. The van der Waals surface area contributed by atoms with Crippen LogP contribution < -0.4 is 14.8 Å². The van der Waals surface area contributed by atoms with E-state index in [0.29, 0.717) is 17.9 Å². The summed E-state index contributed by atoms with van der Waals surface area (Å²) in [4.78, 5) is 12.8. The van der Waals surface area contributed by atoms with Crippen LogP contribution in [0.4, 0.5) is 11.4 Å². The van der Waals surface area contributed by atoms with Crippen molar-refractivity contribution < 1.29 is 17.9 Å². The third-order valence-electron chi connectivity index (χ3n) is 4.90. The van der Waals surface area contributed by atoms with Gasteiger partial charge in [0.05, 0.1) is 20.6 Å². The second-order valence-electron chi connectivity index (χ2n) is 7.50. The van der Waals surface area contributed by atoms with Gasteiger partial charge in [0.2, 0.25) is 0 Å². The summed E-state index contributed by atoms with van der Waals surface area (Å²) in [6.45, 7) is 5.74. The minimum absolute atomic E-state index is 0.00946. The highest BCUT2D eigenvalue weighted by molar-refractivity contribution is 7.92. The second-order valence-corrected chi connectivity index (χ2v) is 9.97. The van der Waals surface area contributed by atoms with E-state index in [1.54, 1.807) is 12.1 Å². The molecule has 1 unspecified atom stereocenters. The molecule has 0 aliphatic heterocycles. The predicted octanol–water partition coefficient (Wildman–Crippen LogP) is 6.21. The van der Waals surface area contributed by atoms with Gasteiger partial charge >= 0.3 is 0 Å². The fourth-order valence-electron chi connectivity index (χ4n) is 3.04. The lowest BCUT2D eigenvalue weighted by Gasteiger charge is -2.19. The van der Waals surface area contributed by atoms with Crippen LogP contribution in [0.3, 0.4) is 0 Å². The van der Waals surface area contributed by atoms with Gasteiger partial charge in [-0.25, -0.2) is 8.42 Å². The number of rotatable bonds is 8. The number of benzene rings is 3. The van der Waals surface area contributed by atoms with Crippen molar-refractivity contribution >= 4 is 50.5 Å². The third-order valence-corrected chi connectivity index (χ3v) is 7.10. The Morgan fingerprint density at radius 3 is 2.39 bits per heavy atom. The van der Waals surface area contributed by atoms with E-state index in [1.807, 2.05) is 39.0 Å². The highest BCUT2D eigenvalue weighted by atomic mass is 35.5. The molecule has 0 aliphatic rings. The van der Waals surface area contributed by atoms with E-state index >= 15 is 0 Å². The summed E-state index contributed by atoms with van der Waals surface area (Å²) >= 11 is 12.0. The number of carbonyl (C=O) groups excluding carboxylic acids is 1. The van der Waals surface area contributed by atoms with Gasteiger partial charge in [-0.3, -0.25) is 9.52 Å². The average molecular weight is 507 g/mol. The topological polar surface area (TPSA) is 84.5 Å². The van der Waals surface area contributed by atoms with Gasteiger partial charge in [0.1, 0.15) is 5.75 Å². The monoisotopic (exact) mass is 506 g/mol. The minimum atomic E-state index is -3.90. The Labute approximate surface area is 203 Å². The number of hydrogen-bond donors (Lipinski definition) is 2. The molecule has 174 valence electrons. The van der Waals surface area contributed by atoms with Gasteiger partial charge in [-0.15, -0.1) is 0 Å². The van der Waals surface area contributed by atoms with Crippen molar-refractivity contribution in [2.75, 3.05) is 10.0 Å². The number of amides is 1. The molecule has 1 atom stereocenters. The lowest BCUT2D eigenvalue weighted by atomic mass is 10.1. The van der Waals surface area contributed by atoms with E-state index in [4.69, 9.17) is 27.9 Å². The van der Waals surface area contributed by atoms with Crippen molar-refractivity contribution in [1.29, 1.82) is 0 Å². The molecule has 3 aromatic carbocycles. The van der Waals surface area contributed by atoms with E-state index in [1.165, 1.54) is 30.3 Å². The minimum Gasteiger partial charge on any atom is -0.480 e. The summed E-state index contributed by atoms with van der Waals surface area (Å²) in [5, 5.41) is 3.13. The Balaban J connectivity index is 1.70. The zero-order valence-electron chi connectivity index (χ0n) is 18.4. The van der Waals surface area contributed by atoms with Crippen LogP contribution >= 0.6 is 23.2 Å². The summed E-state index contributed by atoms with van der Waals surface area (Å²) in [5.74, 6) is 0.335. The molecule has 3 aromatic rings. The number of ether oxygens (including phenoxy) is 1. The normalized spacial score (nSPS) is 12.2. The Bertz CT molecular complexity index is 1260. The molecular formula is C24H24Cl2N2O4S. The zero-order chi connectivity index (χ0) is 24.2. The molecule has 0 heterocycles. The molecule has 33 heavy (non-hydrogen) atoms. The van der Waals surface area contributed by atoms with E-state index in [0.717, 1.165) is 11.1 Å². The maximum Gasteiger partial charge on any atom is 0.265 e. The first-order chi connectivity index (χ1) is 15.6. The Hall–Kier alpha value is -2.74. The second kappa shape index (κ2) is 10.5. The smallest absolute Gasteiger partial charge is 0.265 e. The van der Waals surface area contributed by atoms with Crippen molar-refractivity contribution in [2.24, 2.45) is 0 Å². The number of aryl methyl sites for hydroxylation is 2. The van der Waals surface area contributed by atoms with Crippen molar-refractivity contribution in [3.8, 4) is 5.75 Å². The van der Waals surface area contributed by atoms with Crippen LogP contribution in [0, 0.1) is 13.8 Å². The third kappa shape index (κ3) is 6.19. The van der Waals surface area contributed by atoms with Crippen molar-refractivity contribution in [2.45, 2.75) is 38.2 Å². The lowest BCUT2D eigenvalue weighted by Crippen LogP contribution is -2.32. The van der Waals surface area contributed by atoms with Gasteiger partial charge < -0.3 is 10.1 Å². The van der Waals surface area contributed by atoms with E-state index in [9.17, 15) is 13.2 Å². The first-order valence-corrected chi connectivity index (χ1v) is 12.5. The van der Waals surface area contributed by atoms with E-state index in [2.05, 4.69) is 10.0 Å². The predicted molar refractivity (Wildman–Crippen MR) is 133 cm³/mol. The molecule has 0 aromatic heterocycles. The van der Waals surface area contributed by atoms with Crippen LogP contribution in [-0.4, -0.2) is 20.4 Å². The molecule has 0 bridgehead atoms. The molecule has 9 heteroatoms. The van der Waals surface area contributed by atoms with Crippen LogP contribution in [0.2, 0.25) is 10.0 Å².